The number of ether oxygens (including phenoxy) is 3. The normalized spacial score (nSPS) is 22.9. The number of hydrogen-bond acceptors (Lipinski definition) is 4. The Balaban J connectivity index is 1.49. The smallest absolute Gasteiger partial charge is 0.351 e. The lowest BCUT2D eigenvalue weighted by atomic mass is 10.1. The van der Waals surface area contributed by atoms with E-state index < -0.39 is 6.10 Å². The van der Waals surface area contributed by atoms with Gasteiger partial charge in [-0.15, -0.1) is 0 Å². The summed E-state index contributed by atoms with van der Waals surface area (Å²) in [5.41, 5.74) is 0. The number of hydrogen-bond donors (Lipinski definition) is 1. The van der Waals surface area contributed by atoms with E-state index in [9.17, 15) is 4.79 Å². The number of piperidine rings is 1. The van der Waals surface area contributed by atoms with Crippen LogP contribution in [-0.4, -0.2) is 44.4 Å². The van der Waals surface area contributed by atoms with Gasteiger partial charge in [-0.3, -0.25) is 0 Å². The molecule has 2 aliphatic heterocycles. The summed E-state index contributed by atoms with van der Waals surface area (Å²) >= 11 is 0. The maximum atomic E-state index is 12.2. The number of carbonyl (C=O) groups is 1. The van der Waals surface area contributed by atoms with Crippen LogP contribution >= 0.6 is 0 Å². The van der Waals surface area contributed by atoms with Crippen LogP contribution in [0.3, 0.4) is 0 Å². The molecule has 0 aliphatic carbocycles. The van der Waals surface area contributed by atoms with E-state index in [1.54, 1.807) is 6.07 Å². The zero-order chi connectivity index (χ0) is 15.4. The Hall–Kier alpha value is -1.75. The van der Waals surface area contributed by atoms with Crippen molar-refractivity contribution in [2.75, 3.05) is 26.2 Å². The molecule has 5 heteroatoms. The van der Waals surface area contributed by atoms with E-state index >= 15 is 0 Å². The predicted octanol–water partition coefficient (Wildman–Crippen LogP) is 0.827. The van der Waals surface area contributed by atoms with Gasteiger partial charge < -0.3 is 19.1 Å². The summed E-state index contributed by atoms with van der Waals surface area (Å²) in [5.74, 6) is 0.945. The van der Waals surface area contributed by atoms with Crippen LogP contribution in [-0.2, 0) is 9.53 Å². The molecule has 22 heavy (non-hydrogen) atoms. The highest BCUT2D eigenvalue weighted by atomic mass is 16.6. The first-order chi connectivity index (χ1) is 10.7. The van der Waals surface area contributed by atoms with Crippen molar-refractivity contribution >= 4 is 5.97 Å². The fraction of sp³-hybridized carbons (Fsp3) is 0.588. The maximum Gasteiger partial charge on any atom is 0.351 e. The molecule has 1 fully saturated rings. The molecule has 0 amide bonds. The standard InChI is InChI=1S/C17H23NO4/c1-13(11-18-9-5-2-6-10-18)21-17(19)16-12-20-14-7-3-4-8-15(14)22-16/h3-4,7-8,13,16H,2,5-6,9-12H2,1H3/p+1/t13-,16-/m0/s1. The quantitative estimate of drug-likeness (QED) is 0.837. The predicted molar refractivity (Wildman–Crippen MR) is 81.3 cm³/mol. The molecular weight excluding hydrogens is 282 g/mol. The summed E-state index contributed by atoms with van der Waals surface area (Å²) in [7, 11) is 0. The second-order valence-electron chi connectivity index (χ2n) is 6.13. The van der Waals surface area contributed by atoms with Crippen LogP contribution in [0.2, 0.25) is 0 Å². The SMILES string of the molecule is C[C@@H](C[NH+]1CCCCC1)OC(=O)[C@@H]1COc2ccccc2O1. The Labute approximate surface area is 131 Å². The van der Waals surface area contributed by atoms with Crippen molar-refractivity contribution in [3.8, 4) is 11.5 Å². The average Bonchev–Trinajstić information content (AvgIpc) is 2.55. The van der Waals surface area contributed by atoms with E-state index in [2.05, 4.69) is 0 Å². The van der Waals surface area contributed by atoms with Gasteiger partial charge >= 0.3 is 5.97 Å². The number of carbonyl (C=O) groups excluding carboxylic acids is 1. The third kappa shape index (κ3) is 3.71. The highest BCUT2D eigenvalue weighted by molar-refractivity contribution is 5.76. The van der Waals surface area contributed by atoms with Gasteiger partial charge in [0.1, 0.15) is 19.3 Å². The summed E-state index contributed by atoms with van der Waals surface area (Å²) in [4.78, 5) is 13.7. The van der Waals surface area contributed by atoms with Crippen LogP contribution in [0.1, 0.15) is 26.2 Å². The van der Waals surface area contributed by atoms with Crippen LogP contribution < -0.4 is 14.4 Å². The summed E-state index contributed by atoms with van der Waals surface area (Å²) in [6, 6.07) is 7.37. The Morgan fingerprint density at radius 3 is 2.77 bits per heavy atom. The lowest BCUT2D eigenvalue weighted by Crippen LogP contribution is -3.13. The number of benzene rings is 1. The molecule has 1 saturated heterocycles. The molecule has 3 rings (SSSR count). The Bertz CT molecular complexity index is 513. The van der Waals surface area contributed by atoms with Gasteiger partial charge in [0.2, 0.25) is 6.10 Å². The Kier molecular flexibility index (Phi) is 4.83. The molecule has 120 valence electrons. The summed E-state index contributed by atoms with van der Waals surface area (Å²) in [6.07, 6.45) is 3.10. The van der Waals surface area contributed by atoms with Crippen LogP contribution in [0.25, 0.3) is 0 Å². The third-order valence-corrected chi connectivity index (χ3v) is 4.23. The number of nitrogens with one attached hydrogen (secondary N) is 1. The molecule has 0 radical (unpaired) electrons. The number of esters is 1. The highest BCUT2D eigenvalue weighted by Gasteiger charge is 2.30. The molecule has 1 N–H and O–H groups in total. The number of quaternary nitrogens is 1. The van der Waals surface area contributed by atoms with Gasteiger partial charge in [-0.25, -0.2) is 4.79 Å². The van der Waals surface area contributed by atoms with Gasteiger partial charge in [0.25, 0.3) is 0 Å². The van der Waals surface area contributed by atoms with Gasteiger partial charge in [0, 0.05) is 0 Å². The van der Waals surface area contributed by atoms with Gasteiger partial charge in [0.15, 0.2) is 11.5 Å². The molecule has 0 saturated carbocycles. The topological polar surface area (TPSA) is 49.2 Å². The van der Waals surface area contributed by atoms with E-state index in [1.165, 1.54) is 37.3 Å². The first-order valence-electron chi connectivity index (χ1n) is 8.15. The minimum Gasteiger partial charge on any atom is -0.485 e. The first-order valence-corrected chi connectivity index (χ1v) is 8.15. The fourth-order valence-corrected chi connectivity index (χ4v) is 3.11. The van der Waals surface area contributed by atoms with Crippen LogP contribution in [0, 0.1) is 0 Å². The zero-order valence-corrected chi connectivity index (χ0v) is 13.0. The monoisotopic (exact) mass is 306 g/mol. The highest BCUT2D eigenvalue weighted by Crippen LogP contribution is 2.31. The van der Waals surface area contributed by atoms with Crippen molar-refractivity contribution < 1.29 is 23.9 Å². The minimum absolute atomic E-state index is 0.0960. The summed E-state index contributed by atoms with van der Waals surface area (Å²) in [5, 5.41) is 0. The zero-order valence-electron chi connectivity index (χ0n) is 13.0. The Morgan fingerprint density at radius 1 is 1.27 bits per heavy atom. The van der Waals surface area contributed by atoms with E-state index in [0.29, 0.717) is 11.5 Å². The Morgan fingerprint density at radius 2 is 2.00 bits per heavy atom. The summed E-state index contributed by atoms with van der Waals surface area (Å²) in [6.45, 7) is 5.39. The molecule has 2 aliphatic rings. The van der Waals surface area contributed by atoms with Gasteiger partial charge in [-0.05, 0) is 38.3 Å². The summed E-state index contributed by atoms with van der Waals surface area (Å²) < 4.78 is 16.8. The van der Waals surface area contributed by atoms with Crippen LogP contribution in [0.4, 0.5) is 0 Å². The van der Waals surface area contributed by atoms with Crippen molar-refractivity contribution in [1.82, 2.24) is 0 Å². The van der Waals surface area contributed by atoms with E-state index in [-0.39, 0.29) is 18.7 Å². The maximum absolute atomic E-state index is 12.2. The van der Waals surface area contributed by atoms with Crippen molar-refractivity contribution in [1.29, 1.82) is 0 Å². The lowest BCUT2D eigenvalue weighted by Gasteiger charge is -2.28. The van der Waals surface area contributed by atoms with E-state index in [4.69, 9.17) is 14.2 Å². The van der Waals surface area contributed by atoms with Crippen LogP contribution in [0.5, 0.6) is 11.5 Å². The molecule has 0 aromatic heterocycles. The lowest BCUT2D eigenvalue weighted by molar-refractivity contribution is -0.907. The molecule has 1 aromatic rings. The van der Waals surface area contributed by atoms with Gasteiger partial charge in [-0.2, -0.15) is 0 Å². The molecular formula is C17H24NO4+. The van der Waals surface area contributed by atoms with Gasteiger partial charge in [-0.1, -0.05) is 12.1 Å². The van der Waals surface area contributed by atoms with Crippen molar-refractivity contribution in [3.05, 3.63) is 24.3 Å². The molecule has 0 spiro atoms. The second-order valence-corrected chi connectivity index (χ2v) is 6.13. The van der Waals surface area contributed by atoms with E-state index in [0.717, 1.165) is 6.54 Å². The molecule has 0 bridgehead atoms. The van der Waals surface area contributed by atoms with E-state index in [1.807, 2.05) is 25.1 Å². The number of para-hydroxylation sites is 2. The number of fused-ring (bicyclic) bond motifs is 1. The molecule has 2 heterocycles. The second kappa shape index (κ2) is 7.01. The fourth-order valence-electron chi connectivity index (χ4n) is 3.11. The molecule has 0 unspecified atom stereocenters. The van der Waals surface area contributed by atoms with Gasteiger partial charge in [0.05, 0.1) is 13.1 Å². The molecule has 5 nitrogen and oxygen atoms in total. The number of likely N-dealkylation sites (tertiary alicyclic amines) is 1. The first kappa shape index (κ1) is 15.2. The van der Waals surface area contributed by atoms with Crippen molar-refractivity contribution in [3.63, 3.8) is 0 Å². The number of rotatable bonds is 4. The van der Waals surface area contributed by atoms with Crippen LogP contribution in [0.15, 0.2) is 24.3 Å². The average molecular weight is 306 g/mol. The third-order valence-electron chi connectivity index (χ3n) is 4.23. The van der Waals surface area contributed by atoms with Crippen molar-refractivity contribution in [2.24, 2.45) is 0 Å². The molecule has 1 aromatic carbocycles. The molecule has 2 atom stereocenters. The van der Waals surface area contributed by atoms with Crippen molar-refractivity contribution in [2.45, 2.75) is 38.4 Å². The minimum atomic E-state index is -0.672. The largest absolute Gasteiger partial charge is 0.485 e.